The smallest absolute Gasteiger partial charge is 0.146 e. The lowest BCUT2D eigenvalue weighted by atomic mass is 10.0. The molecule has 6 nitrogen and oxygen atoms in total. The Kier molecular flexibility index (Phi) is 11.3. The van der Waals surface area contributed by atoms with Crippen LogP contribution in [0.15, 0.2) is 65.6 Å². The molecule has 1 aliphatic rings. The number of hydrogen-bond acceptors (Lipinski definition) is 5. The van der Waals surface area contributed by atoms with E-state index in [-0.39, 0.29) is 18.2 Å². The van der Waals surface area contributed by atoms with Gasteiger partial charge in [-0.15, -0.1) is 0 Å². The van der Waals surface area contributed by atoms with Crippen molar-refractivity contribution in [2.45, 2.75) is 46.6 Å². The molecule has 0 amide bonds. The average molecular weight is 453 g/mol. The molecular weight excluding hydrogens is 415 g/mol. The summed E-state index contributed by atoms with van der Waals surface area (Å²) in [4.78, 5) is 10.9. The summed E-state index contributed by atoms with van der Waals surface area (Å²) in [6, 6.07) is 10.3. The molecular formula is C26H37FN6. The number of allylic oxidation sites excluding steroid dienone is 3. The van der Waals surface area contributed by atoms with Crippen LogP contribution >= 0.6 is 0 Å². The Bertz CT molecular complexity index is 940. The van der Waals surface area contributed by atoms with Crippen LogP contribution in [0.2, 0.25) is 0 Å². The molecule has 1 aromatic heterocycles. The summed E-state index contributed by atoms with van der Waals surface area (Å²) in [7, 11) is 0. The number of anilines is 1. The first-order chi connectivity index (χ1) is 16.0. The zero-order chi connectivity index (χ0) is 24.1. The Morgan fingerprint density at radius 3 is 2.33 bits per heavy atom. The second kappa shape index (κ2) is 14.2. The lowest BCUT2D eigenvalue weighted by Gasteiger charge is -2.26. The van der Waals surface area contributed by atoms with Crippen LogP contribution in [-0.2, 0) is 6.54 Å². The molecule has 1 saturated heterocycles. The molecule has 2 aromatic rings. The fourth-order valence-electron chi connectivity index (χ4n) is 3.46. The molecule has 5 N–H and O–H groups in total. The van der Waals surface area contributed by atoms with E-state index in [1.807, 2.05) is 32.1 Å². The van der Waals surface area contributed by atoms with E-state index in [4.69, 9.17) is 11.6 Å². The van der Waals surface area contributed by atoms with Crippen LogP contribution < -0.4 is 17.0 Å². The van der Waals surface area contributed by atoms with Crippen LogP contribution in [-0.4, -0.2) is 35.4 Å². The summed E-state index contributed by atoms with van der Waals surface area (Å²) < 4.78 is 13.4. The monoisotopic (exact) mass is 452 g/mol. The lowest BCUT2D eigenvalue weighted by Crippen LogP contribution is -2.32. The van der Waals surface area contributed by atoms with E-state index < -0.39 is 0 Å². The SMILES string of the molecule is C/C=C(/F)CN=C(NN)c1cc(-c2ccc(CN3CCCCC3)cc2)cnc1N.C/C=C\C. The molecule has 3 rings (SSSR count). The maximum absolute atomic E-state index is 13.4. The Labute approximate surface area is 197 Å². The third-order valence-electron chi connectivity index (χ3n) is 5.49. The molecule has 0 aliphatic carbocycles. The summed E-state index contributed by atoms with van der Waals surface area (Å²) in [5.41, 5.74) is 12.3. The van der Waals surface area contributed by atoms with Crippen LogP contribution in [0.4, 0.5) is 10.2 Å². The molecule has 0 saturated carbocycles. The van der Waals surface area contributed by atoms with Crippen LogP contribution in [0.3, 0.4) is 0 Å². The number of likely N-dealkylation sites (tertiary alicyclic amines) is 1. The van der Waals surface area contributed by atoms with E-state index in [0.29, 0.717) is 11.4 Å². The molecule has 2 heterocycles. The summed E-state index contributed by atoms with van der Waals surface area (Å²) in [5.74, 6) is 5.83. The van der Waals surface area contributed by atoms with Gasteiger partial charge in [0, 0.05) is 18.3 Å². The number of aliphatic imine (C=N–C) groups is 1. The molecule has 1 aliphatic heterocycles. The van der Waals surface area contributed by atoms with Crippen molar-refractivity contribution < 1.29 is 4.39 Å². The second-order valence-corrected chi connectivity index (χ2v) is 7.90. The number of nitrogens with one attached hydrogen (secondary N) is 1. The van der Waals surface area contributed by atoms with Crippen molar-refractivity contribution in [2.75, 3.05) is 25.4 Å². The first-order valence-corrected chi connectivity index (χ1v) is 11.5. The minimum atomic E-state index is -0.343. The number of hydrazine groups is 1. The van der Waals surface area contributed by atoms with Gasteiger partial charge >= 0.3 is 0 Å². The number of rotatable bonds is 6. The van der Waals surface area contributed by atoms with Gasteiger partial charge in [0.25, 0.3) is 0 Å². The molecule has 1 aromatic carbocycles. The molecule has 0 bridgehead atoms. The van der Waals surface area contributed by atoms with E-state index in [9.17, 15) is 4.39 Å². The number of hydrogen-bond donors (Lipinski definition) is 3. The van der Waals surface area contributed by atoms with E-state index in [1.165, 1.54) is 44.0 Å². The van der Waals surface area contributed by atoms with Gasteiger partial charge in [0.1, 0.15) is 17.5 Å². The van der Waals surface area contributed by atoms with E-state index in [0.717, 1.165) is 17.7 Å². The second-order valence-electron chi connectivity index (χ2n) is 7.90. The number of pyridine rings is 1. The number of benzene rings is 1. The van der Waals surface area contributed by atoms with Gasteiger partial charge in [-0.25, -0.2) is 15.2 Å². The minimum Gasteiger partial charge on any atom is -0.383 e. The number of nitrogens with zero attached hydrogens (tertiary/aromatic N) is 3. The number of nitrogen functional groups attached to an aromatic ring is 1. The zero-order valence-corrected chi connectivity index (χ0v) is 20.0. The fourth-order valence-corrected chi connectivity index (χ4v) is 3.46. The molecule has 0 unspecified atom stereocenters. The van der Waals surface area contributed by atoms with Gasteiger partial charge in [-0.2, -0.15) is 0 Å². The van der Waals surface area contributed by atoms with Crippen LogP contribution in [0.25, 0.3) is 11.1 Å². The summed E-state index contributed by atoms with van der Waals surface area (Å²) in [5, 5.41) is 0. The fraction of sp³-hybridized carbons (Fsp3) is 0.385. The Morgan fingerprint density at radius 2 is 1.76 bits per heavy atom. The van der Waals surface area contributed by atoms with Crippen molar-refractivity contribution in [1.29, 1.82) is 0 Å². The maximum atomic E-state index is 13.4. The highest BCUT2D eigenvalue weighted by atomic mass is 19.1. The number of piperidine rings is 1. The average Bonchev–Trinajstić information content (AvgIpc) is 2.86. The number of amidine groups is 1. The molecule has 0 atom stereocenters. The first-order valence-electron chi connectivity index (χ1n) is 11.5. The van der Waals surface area contributed by atoms with Crippen LogP contribution in [0.5, 0.6) is 0 Å². The van der Waals surface area contributed by atoms with Crippen molar-refractivity contribution in [3.63, 3.8) is 0 Å². The highest BCUT2D eigenvalue weighted by molar-refractivity contribution is 6.03. The zero-order valence-electron chi connectivity index (χ0n) is 20.0. The van der Waals surface area contributed by atoms with Crippen molar-refractivity contribution in [2.24, 2.45) is 10.8 Å². The predicted octanol–water partition coefficient (Wildman–Crippen LogP) is 4.98. The largest absolute Gasteiger partial charge is 0.383 e. The highest BCUT2D eigenvalue weighted by Gasteiger charge is 2.12. The number of aromatic nitrogens is 1. The van der Waals surface area contributed by atoms with Crippen molar-refractivity contribution in [3.8, 4) is 11.1 Å². The van der Waals surface area contributed by atoms with Gasteiger partial charge in [0.05, 0.1) is 12.1 Å². The summed E-state index contributed by atoms with van der Waals surface area (Å²) in [6.45, 7) is 8.84. The van der Waals surface area contributed by atoms with Crippen molar-refractivity contribution in [1.82, 2.24) is 15.3 Å². The standard InChI is InChI=1S/C22H29FN6.C4H8/c1-2-19(23)14-27-22(28-25)20-12-18(13-26-21(20)24)17-8-6-16(7-9-17)15-29-10-4-3-5-11-29;1-3-4-2/h2,6-9,12-13H,3-5,10-11,14-15,25H2,1H3,(H2,24,26)(H,27,28);3-4H,1-2H3/b19-2+;4-3-. The molecule has 7 heteroatoms. The quantitative estimate of drug-likeness (QED) is 0.189. The van der Waals surface area contributed by atoms with E-state index in [2.05, 4.69) is 44.6 Å². The molecule has 33 heavy (non-hydrogen) atoms. The normalized spacial score (nSPS) is 15.3. The van der Waals surface area contributed by atoms with Crippen molar-refractivity contribution >= 4 is 11.7 Å². The van der Waals surface area contributed by atoms with Gasteiger partial charge in [0.15, 0.2) is 0 Å². The Morgan fingerprint density at radius 1 is 1.09 bits per heavy atom. The Hall–Kier alpha value is -3.03. The van der Waals surface area contributed by atoms with E-state index >= 15 is 0 Å². The third kappa shape index (κ3) is 8.44. The first kappa shape index (κ1) is 26.2. The van der Waals surface area contributed by atoms with Crippen LogP contribution in [0.1, 0.15) is 51.2 Å². The minimum absolute atomic E-state index is 0.106. The van der Waals surface area contributed by atoms with Gasteiger partial charge in [-0.3, -0.25) is 9.89 Å². The summed E-state index contributed by atoms with van der Waals surface area (Å²) in [6.07, 6.45) is 11.0. The number of halogens is 1. The maximum Gasteiger partial charge on any atom is 0.146 e. The highest BCUT2D eigenvalue weighted by Crippen LogP contribution is 2.23. The van der Waals surface area contributed by atoms with Gasteiger partial charge < -0.3 is 11.2 Å². The Balaban J connectivity index is 0.000000890. The number of nitrogens with two attached hydrogens (primary N) is 2. The van der Waals surface area contributed by atoms with E-state index in [1.54, 1.807) is 13.1 Å². The molecule has 0 spiro atoms. The van der Waals surface area contributed by atoms with Gasteiger partial charge in [-0.1, -0.05) is 48.9 Å². The molecule has 178 valence electrons. The van der Waals surface area contributed by atoms with Gasteiger partial charge in [0.2, 0.25) is 0 Å². The van der Waals surface area contributed by atoms with Crippen molar-refractivity contribution in [3.05, 3.63) is 71.7 Å². The lowest BCUT2D eigenvalue weighted by molar-refractivity contribution is 0.221. The molecule has 1 fully saturated rings. The molecule has 0 radical (unpaired) electrons. The van der Waals surface area contributed by atoms with Gasteiger partial charge in [-0.05, 0) is 63.9 Å². The topological polar surface area (TPSA) is 92.6 Å². The predicted molar refractivity (Wildman–Crippen MR) is 137 cm³/mol. The van der Waals surface area contributed by atoms with Crippen LogP contribution in [0, 0.1) is 0 Å². The summed E-state index contributed by atoms with van der Waals surface area (Å²) >= 11 is 0. The third-order valence-corrected chi connectivity index (χ3v) is 5.49.